The van der Waals surface area contributed by atoms with Gasteiger partial charge in [0.25, 0.3) is 0 Å². The average molecular weight is 221 g/mol. The molecule has 0 amide bonds. The zero-order valence-corrected chi connectivity index (χ0v) is 11.0. The molecule has 0 unspecified atom stereocenters. The van der Waals surface area contributed by atoms with Gasteiger partial charge in [0.1, 0.15) is 0 Å². The molecular formula is C13H23N3. The van der Waals surface area contributed by atoms with E-state index in [0.29, 0.717) is 6.04 Å². The van der Waals surface area contributed by atoms with E-state index in [-0.39, 0.29) is 5.54 Å². The summed E-state index contributed by atoms with van der Waals surface area (Å²) in [6, 6.07) is 2.47. The minimum atomic E-state index is 0.130. The summed E-state index contributed by atoms with van der Waals surface area (Å²) in [6.45, 7) is 11.6. The molecule has 1 aromatic rings. The first-order chi connectivity index (χ1) is 7.38. The highest BCUT2D eigenvalue weighted by Gasteiger charge is 2.10. The summed E-state index contributed by atoms with van der Waals surface area (Å²) >= 11 is 0. The van der Waals surface area contributed by atoms with Crippen LogP contribution in [0.2, 0.25) is 0 Å². The van der Waals surface area contributed by atoms with E-state index >= 15 is 0 Å². The second-order valence-corrected chi connectivity index (χ2v) is 5.44. The van der Waals surface area contributed by atoms with Crippen molar-refractivity contribution in [3.05, 3.63) is 24.0 Å². The smallest absolute Gasteiger partial charge is 0.0418 e. The van der Waals surface area contributed by atoms with E-state index in [1.807, 2.05) is 18.5 Å². The van der Waals surface area contributed by atoms with Gasteiger partial charge in [-0.3, -0.25) is 4.98 Å². The van der Waals surface area contributed by atoms with E-state index in [4.69, 9.17) is 0 Å². The predicted molar refractivity (Wildman–Crippen MR) is 69.6 cm³/mol. The van der Waals surface area contributed by atoms with Crippen molar-refractivity contribution in [2.45, 2.75) is 52.7 Å². The van der Waals surface area contributed by atoms with Crippen LogP contribution < -0.4 is 10.6 Å². The standard InChI is InChI=1S/C13H23N3/c1-10(2)16-12-6-7-14-8-11(12)9-15-13(3,4)5/h6-8,10,15H,9H2,1-5H3,(H,14,16). The van der Waals surface area contributed by atoms with Gasteiger partial charge in [-0.25, -0.2) is 0 Å². The summed E-state index contributed by atoms with van der Waals surface area (Å²) < 4.78 is 0. The topological polar surface area (TPSA) is 37.0 Å². The number of rotatable bonds is 4. The zero-order chi connectivity index (χ0) is 12.2. The van der Waals surface area contributed by atoms with Crippen LogP contribution in [0.4, 0.5) is 5.69 Å². The molecule has 16 heavy (non-hydrogen) atoms. The molecule has 3 heteroatoms. The summed E-state index contributed by atoms with van der Waals surface area (Å²) in [6.07, 6.45) is 3.74. The largest absolute Gasteiger partial charge is 0.383 e. The van der Waals surface area contributed by atoms with Crippen molar-refractivity contribution in [3.8, 4) is 0 Å². The summed E-state index contributed by atoms with van der Waals surface area (Å²) in [7, 11) is 0. The maximum atomic E-state index is 4.17. The van der Waals surface area contributed by atoms with Crippen molar-refractivity contribution in [2.24, 2.45) is 0 Å². The first kappa shape index (κ1) is 13.0. The molecule has 0 atom stereocenters. The van der Waals surface area contributed by atoms with E-state index in [1.54, 1.807) is 0 Å². The van der Waals surface area contributed by atoms with Gasteiger partial charge in [0, 0.05) is 41.8 Å². The van der Waals surface area contributed by atoms with E-state index in [1.165, 1.54) is 11.3 Å². The summed E-state index contributed by atoms with van der Waals surface area (Å²) in [5, 5.41) is 6.90. The molecule has 3 nitrogen and oxygen atoms in total. The first-order valence-corrected chi connectivity index (χ1v) is 5.83. The normalized spacial score (nSPS) is 11.9. The minimum Gasteiger partial charge on any atom is -0.383 e. The Morgan fingerprint density at radius 2 is 2.00 bits per heavy atom. The van der Waals surface area contributed by atoms with Crippen LogP contribution in [0.3, 0.4) is 0 Å². The van der Waals surface area contributed by atoms with Crippen molar-refractivity contribution >= 4 is 5.69 Å². The molecule has 0 aromatic carbocycles. The minimum absolute atomic E-state index is 0.130. The second kappa shape index (κ2) is 5.30. The van der Waals surface area contributed by atoms with Crippen molar-refractivity contribution in [1.29, 1.82) is 0 Å². The number of hydrogen-bond acceptors (Lipinski definition) is 3. The van der Waals surface area contributed by atoms with Crippen molar-refractivity contribution in [3.63, 3.8) is 0 Å². The Morgan fingerprint density at radius 3 is 2.56 bits per heavy atom. The zero-order valence-electron chi connectivity index (χ0n) is 11.0. The van der Waals surface area contributed by atoms with Crippen LogP contribution in [0.5, 0.6) is 0 Å². The fourth-order valence-corrected chi connectivity index (χ4v) is 1.38. The molecule has 0 aliphatic rings. The molecule has 1 heterocycles. The molecule has 0 bridgehead atoms. The SMILES string of the molecule is CC(C)Nc1ccncc1CNC(C)(C)C. The van der Waals surface area contributed by atoms with Crippen molar-refractivity contribution < 1.29 is 0 Å². The lowest BCUT2D eigenvalue weighted by atomic mass is 10.1. The Bertz CT molecular complexity index is 326. The Balaban J connectivity index is 2.71. The highest BCUT2D eigenvalue weighted by Crippen LogP contribution is 2.15. The average Bonchev–Trinajstić information content (AvgIpc) is 2.14. The molecule has 0 saturated heterocycles. The fraction of sp³-hybridized carbons (Fsp3) is 0.615. The number of aromatic nitrogens is 1. The molecule has 0 fully saturated rings. The summed E-state index contributed by atoms with van der Waals surface area (Å²) in [5.74, 6) is 0. The van der Waals surface area contributed by atoms with Crippen LogP contribution in [0, 0.1) is 0 Å². The summed E-state index contributed by atoms with van der Waals surface area (Å²) in [4.78, 5) is 4.17. The molecule has 0 radical (unpaired) electrons. The molecule has 0 spiro atoms. The third kappa shape index (κ3) is 4.62. The molecule has 0 aliphatic carbocycles. The number of nitrogens with zero attached hydrogens (tertiary/aromatic N) is 1. The third-order valence-corrected chi connectivity index (χ3v) is 2.16. The van der Waals surface area contributed by atoms with Gasteiger partial charge in [-0.05, 0) is 40.7 Å². The first-order valence-electron chi connectivity index (χ1n) is 5.83. The number of pyridine rings is 1. The lowest BCUT2D eigenvalue weighted by Crippen LogP contribution is -2.35. The monoisotopic (exact) mass is 221 g/mol. The molecule has 0 aliphatic heterocycles. The van der Waals surface area contributed by atoms with Gasteiger partial charge in [0.15, 0.2) is 0 Å². The van der Waals surface area contributed by atoms with E-state index in [2.05, 4.69) is 50.2 Å². The molecule has 2 N–H and O–H groups in total. The Kier molecular flexibility index (Phi) is 4.30. The van der Waals surface area contributed by atoms with Crippen molar-refractivity contribution in [2.75, 3.05) is 5.32 Å². The predicted octanol–water partition coefficient (Wildman–Crippen LogP) is 2.79. The third-order valence-electron chi connectivity index (χ3n) is 2.16. The number of nitrogens with one attached hydrogen (secondary N) is 2. The van der Waals surface area contributed by atoms with E-state index < -0.39 is 0 Å². The van der Waals surface area contributed by atoms with Gasteiger partial charge in [-0.2, -0.15) is 0 Å². The van der Waals surface area contributed by atoms with E-state index in [9.17, 15) is 0 Å². The van der Waals surface area contributed by atoms with Gasteiger partial charge in [-0.15, -0.1) is 0 Å². The Hall–Kier alpha value is -1.09. The van der Waals surface area contributed by atoms with Gasteiger partial charge < -0.3 is 10.6 Å². The van der Waals surface area contributed by atoms with Crippen LogP contribution in [0.15, 0.2) is 18.5 Å². The maximum absolute atomic E-state index is 4.17. The van der Waals surface area contributed by atoms with Crippen LogP contribution in [0.1, 0.15) is 40.2 Å². The summed E-state index contributed by atoms with van der Waals surface area (Å²) in [5.41, 5.74) is 2.51. The molecular weight excluding hydrogens is 198 g/mol. The quantitative estimate of drug-likeness (QED) is 0.821. The maximum Gasteiger partial charge on any atom is 0.0418 e. The Morgan fingerprint density at radius 1 is 1.31 bits per heavy atom. The number of anilines is 1. The fourth-order valence-electron chi connectivity index (χ4n) is 1.38. The molecule has 0 saturated carbocycles. The van der Waals surface area contributed by atoms with Crippen LogP contribution in [-0.2, 0) is 6.54 Å². The number of hydrogen-bond donors (Lipinski definition) is 2. The van der Waals surface area contributed by atoms with Crippen LogP contribution >= 0.6 is 0 Å². The molecule has 1 aromatic heterocycles. The van der Waals surface area contributed by atoms with Gasteiger partial charge in [0.05, 0.1) is 0 Å². The van der Waals surface area contributed by atoms with Crippen molar-refractivity contribution in [1.82, 2.24) is 10.3 Å². The van der Waals surface area contributed by atoms with Gasteiger partial charge in [0.2, 0.25) is 0 Å². The Labute approximate surface area is 98.7 Å². The van der Waals surface area contributed by atoms with Crippen LogP contribution in [-0.4, -0.2) is 16.6 Å². The lowest BCUT2D eigenvalue weighted by Gasteiger charge is -2.22. The molecule has 90 valence electrons. The molecule has 1 rings (SSSR count). The lowest BCUT2D eigenvalue weighted by molar-refractivity contribution is 0.424. The highest BCUT2D eigenvalue weighted by molar-refractivity contribution is 5.49. The van der Waals surface area contributed by atoms with Gasteiger partial charge >= 0.3 is 0 Å². The van der Waals surface area contributed by atoms with Gasteiger partial charge in [-0.1, -0.05) is 0 Å². The highest BCUT2D eigenvalue weighted by atomic mass is 15.0. The second-order valence-electron chi connectivity index (χ2n) is 5.44. The van der Waals surface area contributed by atoms with E-state index in [0.717, 1.165) is 6.54 Å². The van der Waals surface area contributed by atoms with Crippen LogP contribution in [0.25, 0.3) is 0 Å².